The molecule has 2 rings (SSSR count). The minimum absolute atomic E-state index is 0.0532. The van der Waals surface area contributed by atoms with Crippen molar-refractivity contribution in [2.24, 2.45) is 0 Å². The Bertz CT molecular complexity index is 604. The van der Waals surface area contributed by atoms with Crippen LogP contribution in [0.4, 0.5) is 4.39 Å². The fourth-order valence-corrected chi connectivity index (χ4v) is 2.16. The highest BCUT2D eigenvalue weighted by Gasteiger charge is 2.17. The number of hydrogen-bond acceptors (Lipinski definition) is 2. The quantitative estimate of drug-likeness (QED) is 0.900. The first-order valence-electron chi connectivity index (χ1n) is 6.03. The molecule has 2 N–H and O–H groups in total. The molecule has 0 saturated carbocycles. The lowest BCUT2D eigenvalue weighted by Gasteiger charge is -2.17. The average Bonchev–Trinajstić information content (AvgIpc) is 2.45. The number of carbonyl (C=O) groups excluding carboxylic acids is 1. The number of hydrogen-bond donors (Lipinski definition) is 2. The van der Waals surface area contributed by atoms with Gasteiger partial charge in [0.1, 0.15) is 5.82 Å². The fraction of sp³-hybridized carbons (Fsp3) is 0.133. The Morgan fingerprint density at radius 2 is 1.95 bits per heavy atom. The Kier molecular flexibility index (Phi) is 4.87. The summed E-state index contributed by atoms with van der Waals surface area (Å²) in [5.41, 5.74) is 0.712. The van der Waals surface area contributed by atoms with E-state index < -0.39 is 17.8 Å². The highest BCUT2D eigenvalue weighted by atomic mass is 79.9. The molecule has 0 heterocycles. The summed E-state index contributed by atoms with van der Waals surface area (Å²) in [6.45, 7) is -0.256. The number of amides is 1. The van der Waals surface area contributed by atoms with Crippen molar-refractivity contribution in [3.05, 3.63) is 69.9 Å². The van der Waals surface area contributed by atoms with Crippen molar-refractivity contribution in [2.45, 2.75) is 6.04 Å². The summed E-state index contributed by atoms with van der Waals surface area (Å²) in [5.74, 6) is -1.17. The van der Waals surface area contributed by atoms with Crippen LogP contribution in [0.5, 0.6) is 0 Å². The molecule has 1 atom stereocenters. The van der Waals surface area contributed by atoms with Crippen molar-refractivity contribution in [3.8, 4) is 0 Å². The van der Waals surface area contributed by atoms with E-state index in [4.69, 9.17) is 0 Å². The number of carbonyl (C=O) groups is 1. The van der Waals surface area contributed by atoms with E-state index in [1.54, 1.807) is 18.2 Å². The van der Waals surface area contributed by atoms with Gasteiger partial charge in [0, 0.05) is 4.47 Å². The molecule has 1 amide bonds. The summed E-state index contributed by atoms with van der Waals surface area (Å²) in [6, 6.07) is 12.7. The molecule has 0 fully saturated rings. The summed E-state index contributed by atoms with van der Waals surface area (Å²) in [7, 11) is 0. The molecular weight excluding hydrogens is 325 g/mol. The second kappa shape index (κ2) is 6.63. The summed E-state index contributed by atoms with van der Waals surface area (Å²) in [4.78, 5) is 12.0. The highest BCUT2D eigenvalue weighted by Crippen LogP contribution is 2.17. The molecule has 0 bridgehead atoms. The van der Waals surface area contributed by atoms with Crippen LogP contribution in [0.1, 0.15) is 22.0 Å². The molecule has 0 unspecified atom stereocenters. The van der Waals surface area contributed by atoms with Crippen LogP contribution in [0.2, 0.25) is 0 Å². The van der Waals surface area contributed by atoms with Crippen molar-refractivity contribution in [3.63, 3.8) is 0 Å². The van der Waals surface area contributed by atoms with Gasteiger partial charge < -0.3 is 10.4 Å². The van der Waals surface area contributed by atoms with Gasteiger partial charge in [-0.1, -0.05) is 46.3 Å². The largest absolute Gasteiger partial charge is 0.394 e. The van der Waals surface area contributed by atoms with E-state index in [-0.39, 0.29) is 12.2 Å². The molecule has 20 heavy (non-hydrogen) atoms. The van der Waals surface area contributed by atoms with Crippen LogP contribution in [-0.4, -0.2) is 17.6 Å². The van der Waals surface area contributed by atoms with Gasteiger partial charge in [-0.2, -0.15) is 0 Å². The number of aliphatic hydroxyl groups excluding tert-OH is 1. The van der Waals surface area contributed by atoms with Gasteiger partial charge in [0.15, 0.2) is 0 Å². The van der Waals surface area contributed by atoms with Crippen LogP contribution in [0.15, 0.2) is 53.0 Å². The lowest BCUT2D eigenvalue weighted by molar-refractivity contribution is 0.0912. The lowest BCUT2D eigenvalue weighted by atomic mass is 10.1. The molecule has 3 nitrogen and oxygen atoms in total. The molecule has 0 radical (unpaired) electrons. The van der Waals surface area contributed by atoms with Gasteiger partial charge in [-0.15, -0.1) is 0 Å². The maximum Gasteiger partial charge on any atom is 0.254 e. The summed E-state index contributed by atoms with van der Waals surface area (Å²) >= 11 is 3.13. The molecule has 104 valence electrons. The van der Waals surface area contributed by atoms with Crippen LogP contribution in [0, 0.1) is 5.82 Å². The molecule has 0 aliphatic carbocycles. The Morgan fingerprint density at radius 1 is 1.25 bits per heavy atom. The molecule has 0 aromatic heterocycles. The van der Waals surface area contributed by atoms with E-state index >= 15 is 0 Å². The zero-order valence-electron chi connectivity index (χ0n) is 10.5. The first-order chi connectivity index (χ1) is 9.61. The van der Waals surface area contributed by atoms with E-state index in [2.05, 4.69) is 21.2 Å². The third kappa shape index (κ3) is 3.43. The second-order valence-corrected chi connectivity index (χ2v) is 5.16. The zero-order chi connectivity index (χ0) is 14.5. The maximum absolute atomic E-state index is 13.7. The maximum atomic E-state index is 13.7. The van der Waals surface area contributed by atoms with Crippen molar-refractivity contribution in [2.75, 3.05) is 6.61 Å². The lowest BCUT2D eigenvalue weighted by Crippen LogP contribution is -2.31. The second-order valence-electron chi connectivity index (χ2n) is 4.24. The first-order valence-corrected chi connectivity index (χ1v) is 6.83. The number of halogens is 2. The predicted octanol–water partition coefficient (Wildman–Crippen LogP) is 3.05. The third-order valence-corrected chi connectivity index (χ3v) is 3.36. The third-order valence-electron chi connectivity index (χ3n) is 2.87. The topological polar surface area (TPSA) is 49.3 Å². The van der Waals surface area contributed by atoms with E-state index in [0.717, 1.165) is 5.56 Å². The van der Waals surface area contributed by atoms with Crippen LogP contribution >= 0.6 is 15.9 Å². The summed E-state index contributed by atoms with van der Waals surface area (Å²) in [5, 5.41) is 12.0. The van der Waals surface area contributed by atoms with E-state index in [9.17, 15) is 14.3 Å². The zero-order valence-corrected chi connectivity index (χ0v) is 12.1. The van der Waals surface area contributed by atoms with Gasteiger partial charge in [-0.05, 0) is 23.8 Å². The number of nitrogens with one attached hydrogen (secondary N) is 1. The van der Waals surface area contributed by atoms with Crippen LogP contribution < -0.4 is 5.32 Å². The molecule has 2 aromatic carbocycles. The summed E-state index contributed by atoms with van der Waals surface area (Å²) < 4.78 is 14.3. The summed E-state index contributed by atoms with van der Waals surface area (Å²) in [6.07, 6.45) is 0. The normalized spacial score (nSPS) is 11.9. The Balaban J connectivity index is 2.17. The molecule has 5 heteroatoms. The van der Waals surface area contributed by atoms with Gasteiger partial charge >= 0.3 is 0 Å². The Hall–Kier alpha value is -1.72. The van der Waals surface area contributed by atoms with Crippen molar-refractivity contribution < 1.29 is 14.3 Å². The van der Waals surface area contributed by atoms with Gasteiger partial charge in [0.05, 0.1) is 18.2 Å². The first kappa shape index (κ1) is 14.7. The Labute approximate surface area is 124 Å². The van der Waals surface area contributed by atoms with Crippen LogP contribution in [0.3, 0.4) is 0 Å². The minimum Gasteiger partial charge on any atom is -0.394 e. The molecule has 2 aromatic rings. The average molecular weight is 338 g/mol. The van der Waals surface area contributed by atoms with Crippen LogP contribution in [0.25, 0.3) is 0 Å². The van der Waals surface area contributed by atoms with Crippen LogP contribution in [-0.2, 0) is 0 Å². The number of benzene rings is 2. The SMILES string of the molecule is O=C(N[C@@H](CO)c1ccccc1)c1ccc(Br)cc1F. The molecule has 0 aliphatic rings. The fourth-order valence-electron chi connectivity index (χ4n) is 1.83. The Morgan fingerprint density at radius 3 is 2.55 bits per heavy atom. The van der Waals surface area contributed by atoms with Gasteiger partial charge in [-0.25, -0.2) is 4.39 Å². The van der Waals surface area contributed by atoms with Gasteiger partial charge in [0.2, 0.25) is 0 Å². The van der Waals surface area contributed by atoms with Crippen molar-refractivity contribution in [1.29, 1.82) is 0 Å². The minimum atomic E-state index is -0.610. The van der Waals surface area contributed by atoms with E-state index in [1.165, 1.54) is 12.1 Å². The standard InChI is InChI=1S/C15H13BrFNO2/c16-11-6-7-12(13(17)8-11)15(20)18-14(9-19)10-4-2-1-3-5-10/h1-8,14,19H,9H2,(H,18,20)/t14-/m0/s1. The molecular formula is C15H13BrFNO2. The smallest absolute Gasteiger partial charge is 0.254 e. The highest BCUT2D eigenvalue weighted by molar-refractivity contribution is 9.10. The van der Waals surface area contributed by atoms with Crippen molar-refractivity contribution in [1.82, 2.24) is 5.32 Å². The van der Waals surface area contributed by atoms with E-state index in [0.29, 0.717) is 4.47 Å². The van der Waals surface area contributed by atoms with Crippen molar-refractivity contribution >= 4 is 21.8 Å². The monoisotopic (exact) mass is 337 g/mol. The predicted molar refractivity (Wildman–Crippen MR) is 77.8 cm³/mol. The van der Waals surface area contributed by atoms with Gasteiger partial charge in [-0.3, -0.25) is 4.79 Å². The number of rotatable bonds is 4. The van der Waals surface area contributed by atoms with Gasteiger partial charge in [0.25, 0.3) is 5.91 Å². The molecule has 0 spiro atoms. The molecule has 0 saturated heterocycles. The molecule has 0 aliphatic heterocycles. The van der Waals surface area contributed by atoms with E-state index in [1.807, 2.05) is 18.2 Å². The number of aliphatic hydroxyl groups is 1.